The van der Waals surface area contributed by atoms with Gasteiger partial charge in [-0.15, -0.1) is 10.2 Å². The molecule has 1 aromatic heterocycles. The van der Waals surface area contributed by atoms with Crippen LogP contribution in [0.1, 0.15) is 13.8 Å². The predicted octanol–water partition coefficient (Wildman–Crippen LogP) is 1.87. The van der Waals surface area contributed by atoms with Gasteiger partial charge in [-0.3, -0.25) is 10.1 Å². The van der Waals surface area contributed by atoms with Crippen molar-refractivity contribution in [1.29, 1.82) is 0 Å². The fourth-order valence-corrected chi connectivity index (χ4v) is 4.14. The van der Waals surface area contributed by atoms with E-state index < -0.39 is 21.4 Å². The predicted molar refractivity (Wildman–Crippen MR) is 102 cm³/mol. The minimum Gasteiger partial charge on any atom is -0.450 e. The molecule has 2 aromatic rings. The lowest BCUT2D eigenvalue weighted by molar-refractivity contribution is -0.115. The van der Waals surface area contributed by atoms with E-state index in [0.29, 0.717) is 10.0 Å². The number of benzene rings is 1. The second-order valence-electron chi connectivity index (χ2n) is 5.04. The topological polar surface area (TPSA) is 153 Å². The minimum atomic E-state index is -3.78. The third kappa shape index (κ3) is 6.46. The smallest absolute Gasteiger partial charge is 0.413 e. The molecule has 4 N–H and O–H groups in total. The zero-order valence-electron chi connectivity index (χ0n) is 14.3. The summed E-state index contributed by atoms with van der Waals surface area (Å²) in [7, 11) is -3.78. The normalized spacial score (nSPS) is 12.3. The molecule has 146 valence electrons. The van der Waals surface area contributed by atoms with Crippen molar-refractivity contribution in [2.45, 2.75) is 28.3 Å². The number of carbonyl (C=O) groups is 2. The largest absolute Gasteiger partial charge is 0.450 e. The number of nitrogens with two attached hydrogens (primary N) is 1. The monoisotopic (exact) mass is 431 g/mol. The van der Waals surface area contributed by atoms with Crippen molar-refractivity contribution in [3.63, 3.8) is 0 Å². The summed E-state index contributed by atoms with van der Waals surface area (Å²) in [5.74, 6) is -0.307. The number of anilines is 2. The van der Waals surface area contributed by atoms with Crippen LogP contribution in [0.25, 0.3) is 0 Å². The number of primary sulfonamides is 1. The Morgan fingerprint density at radius 2 is 1.93 bits per heavy atom. The van der Waals surface area contributed by atoms with Crippen molar-refractivity contribution >= 4 is 55.9 Å². The fourth-order valence-electron chi connectivity index (χ4n) is 1.74. The molecule has 1 aromatic carbocycles. The summed E-state index contributed by atoms with van der Waals surface area (Å²) in [4.78, 5) is 23.5. The Bertz CT molecular complexity index is 913. The van der Waals surface area contributed by atoms with Crippen molar-refractivity contribution in [2.24, 2.45) is 5.14 Å². The van der Waals surface area contributed by atoms with Gasteiger partial charge in [0.05, 0.1) is 16.8 Å². The Labute approximate surface area is 163 Å². The van der Waals surface area contributed by atoms with E-state index in [1.807, 2.05) is 0 Å². The number of nitrogens with zero attached hydrogens (tertiary/aromatic N) is 2. The number of nitrogens with one attached hydrogen (secondary N) is 2. The van der Waals surface area contributed by atoms with Crippen LogP contribution in [-0.2, 0) is 19.6 Å². The number of rotatable bonds is 7. The van der Waals surface area contributed by atoms with Crippen LogP contribution >= 0.6 is 23.1 Å². The number of thioether (sulfide) groups is 1. The molecule has 0 aliphatic heterocycles. The molecule has 0 radical (unpaired) electrons. The molecule has 0 fully saturated rings. The molecule has 0 saturated heterocycles. The molecule has 13 heteroatoms. The van der Waals surface area contributed by atoms with Crippen LogP contribution in [0.15, 0.2) is 33.5 Å². The molecule has 0 saturated carbocycles. The van der Waals surface area contributed by atoms with E-state index in [0.717, 1.165) is 23.1 Å². The maximum absolute atomic E-state index is 12.3. The third-order valence-electron chi connectivity index (χ3n) is 2.99. The van der Waals surface area contributed by atoms with Crippen LogP contribution < -0.4 is 15.8 Å². The molecular weight excluding hydrogens is 414 g/mol. The van der Waals surface area contributed by atoms with Crippen LogP contribution in [0, 0.1) is 0 Å². The standard InChI is InChI=1S/C14H17N5O5S3/c1-3-24-13(21)17-12-18-19-14(26-12)25-8(2)11(20)16-9-4-6-10(7-5-9)27(15,22)23/h4-8H,3H2,1-2H3,(H,16,20)(H2,15,22,23)(H,17,18,21). The van der Waals surface area contributed by atoms with Crippen molar-refractivity contribution in [3.8, 4) is 0 Å². The second-order valence-corrected chi connectivity index (χ2v) is 9.16. The molecule has 10 nitrogen and oxygen atoms in total. The van der Waals surface area contributed by atoms with Crippen LogP contribution in [0.2, 0.25) is 0 Å². The number of sulfonamides is 1. The highest BCUT2D eigenvalue weighted by Gasteiger charge is 2.18. The first-order valence-corrected chi connectivity index (χ1v) is 10.8. The van der Waals surface area contributed by atoms with Gasteiger partial charge < -0.3 is 10.1 Å². The zero-order chi connectivity index (χ0) is 20.0. The summed E-state index contributed by atoms with van der Waals surface area (Å²) in [6, 6.07) is 5.50. The van der Waals surface area contributed by atoms with E-state index in [1.54, 1.807) is 13.8 Å². The van der Waals surface area contributed by atoms with E-state index in [9.17, 15) is 18.0 Å². The molecular formula is C14H17N5O5S3. The average molecular weight is 432 g/mol. The third-order valence-corrected chi connectivity index (χ3v) is 5.94. The lowest BCUT2D eigenvalue weighted by Crippen LogP contribution is -2.22. The van der Waals surface area contributed by atoms with E-state index in [4.69, 9.17) is 9.88 Å². The molecule has 0 aliphatic rings. The summed E-state index contributed by atoms with van der Waals surface area (Å²) >= 11 is 2.28. The number of amides is 2. The van der Waals surface area contributed by atoms with Gasteiger partial charge in [-0.1, -0.05) is 23.1 Å². The number of carbonyl (C=O) groups excluding carboxylic acids is 2. The first-order valence-electron chi connectivity index (χ1n) is 7.56. The van der Waals surface area contributed by atoms with Crippen molar-refractivity contribution in [1.82, 2.24) is 10.2 Å². The summed E-state index contributed by atoms with van der Waals surface area (Å²) in [5.41, 5.74) is 0.432. The quantitative estimate of drug-likeness (QED) is 0.443. The maximum Gasteiger partial charge on any atom is 0.413 e. The lowest BCUT2D eigenvalue weighted by atomic mass is 10.3. The maximum atomic E-state index is 12.3. The Balaban J connectivity index is 1.92. The zero-order valence-corrected chi connectivity index (χ0v) is 16.8. The van der Waals surface area contributed by atoms with Gasteiger partial charge in [0.25, 0.3) is 0 Å². The van der Waals surface area contributed by atoms with Gasteiger partial charge in [0.2, 0.25) is 21.1 Å². The minimum absolute atomic E-state index is 0.0431. The summed E-state index contributed by atoms with van der Waals surface area (Å²) in [6.45, 7) is 3.60. The molecule has 1 heterocycles. The highest BCUT2D eigenvalue weighted by molar-refractivity contribution is 8.02. The fraction of sp³-hybridized carbons (Fsp3) is 0.286. The highest BCUT2D eigenvalue weighted by atomic mass is 32.2. The van der Waals surface area contributed by atoms with Crippen LogP contribution in [0.5, 0.6) is 0 Å². The second kappa shape index (κ2) is 9.12. The van der Waals surface area contributed by atoms with Gasteiger partial charge in [0, 0.05) is 5.69 Å². The first-order chi connectivity index (χ1) is 12.7. The van der Waals surface area contributed by atoms with Gasteiger partial charge >= 0.3 is 6.09 Å². The van der Waals surface area contributed by atoms with Gasteiger partial charge in [0.15, 0.2) is 4.34 Å². The average Bonchev–Trinajstić information content (AvgIpc) is 3.01. The SMILES string of the molecule is CCOC(=O)Nc1nnc(SC(C)C(=O)Nc2ccc(S(N)(=O)=O)cc2)s1. The van der Waals surface area contributed by atoms with E-state index >= 15 is 0 Å². The van der Waals surface area contributed by atoms with Crippen molar-refractivity contribution in [3.05, 3.63) is 24.3 Å². The number of aromatic nitrogens is 2. The van der Waals surface area contributed by atoms with Crippen LogP contribution in [0.4, 0.5) is 15.6 Å². The van der Waals surface area contributed by atoms with Crippen molar-refractivity contribution in [2.75, 3.05) is 17.2 Å². The van der Waals surface area contributed by atoms with Crippen molar-refractivity contribution < 1.29 is 22.7 Å². The molecule has 1 atom stereocenters. The number of hydrogen-bond donors (Lipinski definition) is 3. The van der Waals surface area contributed by atoms with Gasteiger partial charge in [-0.2, -0.15) is 0 Å². The molecule has 0 spiro atoms. The molecule has 2 amide bonds. The Morgan fingerprint density at radius 1 is 1.26 bits per heavy atom. The summed E-state index contributed by atoms with van der Waals surface area (Å²) in [6.07, 6.45) is -0.626. The molecule has 27 heavy (non-hydrogen) atoms. The summed E-state index contributed by atoms with van der Waals surface area (Å²) in [5, 5.41) is 17.6. The molecule has 2 rings (SSSR count). The van der Waals surface area contributed by atoms with E-state index in [2.05, 4.69) is 20.8 Å². The van der Waals surface area contributed by atoms with Crippen LogP contribution in [-0.4, -0.2) is 42.5 Å². The molecule has 1 unspecified atom stereocenters. The Morgan fingerprint density at radius 3 is 2.52 bits per heavy atom. The number of ether oxygens (including phenoxy) is 1. The molecule has 0 bridgehead atoms. The van der Waals surface area contributed by atoms with E-state index in [-0.39, 0.29) is 22.5 Å². The van der Waals surface area contributed by atoms with Gasteiger partial charge in [0.1, 0.15) is 0 Å². The van der Waals surface area contributed by atoms with E-state index in [1.165, 1.54) is 24.3 Å². The van der Waals surface area contributed by atoms with Gasteiger partial charge in [-0.25, -0.2) is 18.4 Å². The molecule has 0 aliphatic carbocycles. The number of hydrogen-bond acceptors (Lipinski definition) is 9. The lowest BCUT2D eigenvalue weighted by Gasteiger charge is -2.10. The van der Waals surface area contributed by atoms with Gasteiger partial charge in [-0.05, 0) is 38.1 Å². The highest BCUT2D eigenvalue weighted by Crippen LogP contribution is 2.29. The summed E-state index contributed by atoms with van der Waals surface area (Å²) < 4.78 is 27.7. The first kappa shape index (κ1) is 21.1. The Kier molecular flexibility index (Phi) is 7.12. The Hall–Kier alpha value is -2.22. The van der Waals surface area contributed by atoms with Crippen LogP contribution in [0.3, 0.4) is 0 Å².